The molecule has 1 saturated carbocycles. The third-order valence-electron chi connectivity index (χ3n) is 11.1. The van der Waals surface area contributed by atoms with Gasteiger partial charge in [0.05, 0.1) is 17.0 Å². The number of aryl methyl sites for hydroxylation is 1. The lowest BCUT2D eigenvalue weighted by molar-refractivity contribution is 0.0225. The van der Waals surface area contributed by atoms with Crippen LogP contribution in [0.25, 0.3) is 32.9 Å². The maximum Gasteiger partial charge on any atom is 0.319 e. The monoisotopic (exact) mass is 677 g/mol. The van der Waals surface area contributed by atoms with Crippen molar-refractivity contribution in [1.29, 1.82) is 0 Å². The highest BCUT2D eigenvalue weighted by Crippen LogP contribution is 2.44. The van der Waals surface area contributed by atoms with E-state index in [9.17, 15) is 9.50 Å². The first kappa shape index (κ1) is 32.5. The molecule has 0 unspecified atom stereocenters. The summed E-state index contributed by atoms with van der Waals surface area (Å²) < 4.78 is 64.4. The van der Waals surface area contributed by atoms with Gasteiger partial charge in [0, 0.05) is 50.3 Å². The predicted octanol–water partition coefficient (Wildman–Crippen LogP) is 6.22. The number of nitrogens with zero attached hydrogens (tertiary/aromatic N) is 5. The molecule has 0 spiro atoms. The van der Waals surface area contributed by atoms with Crippen LogP contribution in [0.3, 0.4) is 0 Å². The molecule has 8 rings (SSSR count). The van der Waals surface area contributed by atoms with E-state index in [4.69, 9.17) is 19.2 Å². The SMILES string of the molecule is CCOCOc1cc(-c2ncc3c(N4C[C@@H]5C[C@H](C4)[C@H](O)C5)nc(OC[C@@]45CCCN4C[C@H](F)C5)nc3c2F)c2c(CC)c(F)ccc2c1. The number of aliphatic hydroxyl groups is 1. The van der Waals surface area contributed by atoms with Gasteiger partial charge >= 0.3 is 6.01 Å². The lowest BCUT2D eigenvalue weighted by Crippen LogP contribution is -2.43. The van der Waals surface area contributed by atoms with Gasteiger partial charge in [0.15, 0.2) is 12.6 Å². The van der Waals surface area contributed by atoms with Crippen molar-refractivity contribution in [3.8, 4) is 23.0 Å². The van der Waals surface area contributed by atoms with Crippen LogP contribution >= 0.6 is 0 Å². The smallest absolute Gasteiger partial charge is 0.319 e. The van der Waals surface area contributed by atoms with Gasteiger partial charge in [0.25, 0.3) is 0 Å². The molecule has 4 aromatic rings. The van der Waals surface area contributed by atoms with Crippen LogP contribution in [0.4, 0.5) is 19.0 Å². The number of alkyl halides is 1. The molecule has 5 atom stereocenters. The molecule has 2 aromatic carbocycles. The Kier molecular flexibility index (Phi) is 8.52. The first-order valence-corrected chi connectivity index (χ1v) is 17.5. The Morgan fingerprint density at radius 2 is 1.94 bits per heavy atom. The van der Waals surface area contributed by atoms with E-state index >= 15 is 8.78 Å². The second kappa shape index (κ2) is 12.9. The maximum atomic E-state index is 17.1. The fraction of sp³-hybridized carbons (Fsp3) is 0.541. The van der Waals surface area contributed by atoms with Crippen molar-refractivity contribution < 1.29 is 32.5 Å². The molecule has 9 nitrogen and oxygen atoms in total. The minimum Gasteiger partial charge on any atom is -0.468 e. The van der Waals surface area contributed by atoms with E-state index in [1.54, 1.807) is 24.4 Å². The van der Waals surface area contributed by atoms with Gasteiger partial charge in [-0.3, -0.25) is 9.88 Å². The number of fused-ring (bicyclic) bond motifs is 5. The van der Waals surface area contributed by atoms with Gasteiger partial charge in [-0.25, -0.2) is 13.2 Å². The molecule has 2 bridgehead atoms. The van der Waals surface area contributed by atoms with Crippen LogP contribution in [0.15, 0.2) is 30.5 Å². The lowest BCUT2D eigenvalue weighted by Gasteiger charge is -2.34. The molecule has 4 aliphatic rings. The summed E-state index contributed by atoms with van der Waals surface area (Å²) in [5.41, 5.74) is 0.420. The summed E-state index contributed by atoms with van der Waals surface area (Å²) in [6, 6.07) is 6.54. The molecule has 260 valence electrons. The number of anilines is 1. The number of ether oxygens (including phenoxy) is 3. The first-order chi connectivity index (χ1) is 23.8. The second-order valence-electron chi connectivity index (χ2n) is 14.2. The average molecular weight is 678 g/mol. The zero-order chi connectivity index (χ0) is 33.9. The third kappa shape index (κ3) is 5.75. The minimum absolute atomic E-state index is 0.000946. The molecule has 3 saturated heterocycles. The fourth-order valence-corrected chi connectivity index (χ4v) is 8.86. The molecular formula is C37H42F3N5O4. The molecule has 1 aliphatic carbocycles. The van der Waals surface area contributed by atoms with E-state index in [-0.39, 0.29) is 48.5 Å². The molecule has 5 heterocycles. The van der Waals surface area contributed by atoms with Gasteiger partial charge in [-0.05, 0) is 86.0 Å². The Bertz CT molecular complexity index is 1890. The number of hydrogen-bond donors (Lipinski definition) is 1. The summed E-state index contributed by atoms with van der Waals surface area (Å²) in [7, 11) is 0. The van der Waals surface area contributed by atoms with Gasteiger partial charge in [0.1, 0.15) is 41.4 Å². The number of rotatable bonds is 10. The van der Waals surface area contributed by atoms with Crippen molar-refractivity contribution >= 4 is 27.5 Å². The number of halogens is 3. The molecule has 49 heavy (non-hydrogen) atoms. The van der Waals surface area contributed by atoms with E-state index in [0.29, 0.717) is 83.9 Å². The molecule has 12 heteroatoms. The largest absolute Gasteiger partial charge is 0.468 e. The molecule has 2 aromatic heterocycles. The summed E-state index contributed by atoms with van der Waals surface area (Å²) in [6.07, 6.45) is 4.48. The van der Waals surface area contributed by atoms with Gasteiger partial charge in [0.2, 0.25) is 0 Å². The Hall–Kier alpha value is -3.74. The standard InChI is InChI=1S/C37H42F3N5O4/c1-3-26-29(39)7-6-22-12-25(49-20-47-4-2)13-27(31(22)26)33-32(40)34-28(15-41-33)35(44-16-21-10-23(17-44)30(46)11-21)43-36(42-34)48-19-37-8-5-9-45(37)18-24(38)14-37/h6-7,12-13,15,21,23-24,30,46H,3-5,8-11,14,16-20H2,1-2H3/t21-,23-,24-,30-,37+/m1/s1. The van der Waals surface area contributed by atoms with Crippen LogP contribution < -0.4 is 14.4 Å². The molecule has 0 radical (unpaired) electrons. The van der Waals surface area contributed by atoms with Crippen LogP contribution in [-0.2, 0) is 11.2 Å². The highest BCUT2D eigenvalue weighted by atomic mass is 19.1. The second-order valence-corrected chi connectivity index (χ2v) is 14.2. The first-order valence-electron chi connectivity index (χ1n) is 17.5. The third-order valence-corrected chi connectivity index (χ3v) is 11.1. The van der Waals surface area contributed by atoms with Crippen LogP contribution in [0.2, 0.25) is 0 Å². The number of benzene rings is 2. The van der Waals surface area contributed by atoms with Crippen LogP contribution in [0, 0.1) is 23.5 Å². The van der Waals surface area contributed by atoms with Gasteiger partial charge in [-0.1, -0.05) is 13.0 Å². The van der Waals surface area contributed by atoms with Crippen LogP contribution in [-0.4, -0.2) is 89.0 Å². The normalized spacial score (nSPS) is 26.6. The summed E-state index contributed by atoms with van der Waals surface area (Å²) in [4.78, 5) is 18.4. The van der Waals surface area contributed by atoms with Gasteiger partial charge < -0.3 is 24.2 Å². The number of piperidine rings is 1. The summed E-state index contributed by atoms with van der Waals surface area (Å²) in [5, 5.41) is 12.3. The summed E-state index contributed by atoms with van der Waals surface area (Å²) >= 11 is 0. The maximum absolute atomic E-state index is 17.1. The minimum atomic E-state index is -0.917. The molecule has 3 aliphatic heterocycles. The lowest BCUT2D eigenvalue weighted by atomic mass is 9.94. The van der Waals surface area contributed by atoms with Crippen molar-refractivity contribution in [2.24, 2.45) is 11.8 Å². The number of hydrogen-bond acceptors (Lipinski definition) is 9. The number of aliphatic hydroxyl groups excluding tert-OH is 1. The zero-order valence-corrected chi connectivity index (χ0v) is 27.9. The highest BCUT2D eigenvalue weighted by molar-refractivity contribution is 6.01. The Labute approximate surface area is 283 Å². The van der Waals surface area contributed by atoms with E-state index in [1.165, 1.54) is 6.07 Å². The average Bonchev–Trinajstić information content (AvgIpc) is 3.71. The van der Waals surface area contributed by atoms with E-state index in [2.05, 4.69) is 19.8 Å². The van der Waals surface area contributed by atoms with Crippen molar-refractivity contribution in [2.45, 2.75) is 70.2 Å². The van der Waals surface area contributed by atoms with Gasteiger partial charge in [-0.15, -0.1) is 0 Å². The fourth-order valence-electron chi connectivity index (χ4n) is 8.86. The molecular weight excluding hydrogens is 635 g/mol. The van der Waals surface area contributed by atoms with E-state index in [1.807, 2.05) is 13.8 Å². The summed E-state index contributed by atoms with van der Waals surface area (Å²) in [6.45, 7) is 6.81. The van der Waals surface area contributed by atoms with Crippen LogP contribution in [0.5, 0.6) is 11.8 Å². The Morgan fingerprint density at radius 3 is 2.76 bits per heavy atom. The molecule has 4 fully saturated rings. The number of pyridine rings is 1. The number of aromatic nitrogens is 3. The highest BCUT2D eigenvalue weighted by Gasteiger charge is 2.49. The predicted molar refractivity (Wildman–Crippen MR) is 180 cm³/mol. The summed E-state index contributed by atoms with van der Waals surface area (Å²) in [5.74, 6) is 0.236. The molecule has 0 amide bonds. The van der Waals surface area contributed by atoms with Gasteiger partial charge in [-0.2, -0.15) is 9.97 Å². The topological polar surface area (TPSA) is 93.1 Å². The van der Waals surface area contributed by atoms with Crippen molar-refractivity contribution in [2.75, 3.05) is 51.1 Å². The quantitative estimate of drug-likeness (QED) is 0.155. The Balaban J connectivity index is 1.26. The van der Waals surface area contributed by atoms with E-state index < -0.39 is 17.5 Å². The van der Waals surface area contributed by atoms with Crippen LogP contribution in [0.1, 0.15) is 51.5 Å². The van der Waals surface area contributed by atoms with Crippen molar-refractivity contribution in [3.05, 3.63) is 47.7 Å². The zero-order valence-electron chi connectivity index (χ0n) is 27.9. The van der Waals surface area contributed by atoms with E-state index in [0.717, 1.165) is 32.2 Å². The van der Waals surface area contributed by atoms with Crippen molar-refractivity contribution in [3.63, 3.8) is 0 Å². The molecule has 1 N–H and O–H groups in total. The van der Waals surface area contributed by atoms with Crippen molar-refractivity contribution in [1.82, 2.24) is 19.9 Å². The Morgan fingerprint density at radius 1 is 1.06 bits per heavy atom.